The highest BCUT2D eigenvalue weighted by molar-refractivity contribution is 7.12. The quantitative estimate of drug-likeness (QED) is 0.809. The van der Waals surface area contributed by atoms with Gasteiger partial charge in [0.1, 0.15) is 4.88 Å². The average molecular weight is 316 g/mol. The van der Waals surface area contributed by atoms with E-state index in [0.717, 1.165) is 0 Å². The predicted octanol–water partition coefficient (Wildman–Crippen LogP) is 2.47. The zero-order chi connectivity index (χ0) is 15.5. The van der Waals surface area contributed by atoms with Crippen LogP contribution in [0.4, 0.5) is 13.2 Å². The molecule has 1 aliphatic rings. The molecule has 0 aliphatic carbocycles. The Labute approximate surface area is 124 Å². The molecule has 1 atom stereocenters. The highest BCUT2D eigenvalue weighted by atomic mass is 32.1. The number of nitrogens with two attached hydrogens (primary N) is 1. The Morgan fingerprint density at radius 1 is 1.52 bits per heavy atom. The first-order chi connectivity index (χ1) is 9.93. The third kappa shape index (κ3) is 3.77. The van der Waals surface area contributed by atoms with Crippen molar-refractivity contribution in [1.82, 2.24) is 4.90 Å². The summed E-state index contributed by atoms with van der Waals surface area (Å²) in [6.45, 7) is 0.250. The second-order valence-electron chi connectivity index (χ2n) is 4.80. The van der Waals surface area contributed by atoms with Crippen molar-refractivity contribution in [2.75, 3.05) is 19.6 Å². The molecule has 1 fully saturated rings. The molecular formula is C14H15F3N2OS. The number of likely N-dealkylation sites (tertiary alicyclic amines) is 1. The van der Waals surface area contributed by atoms with Crippen LogP contribution in [0.3, 0.4) is 0 Å². The fourth-order valence-corrected chi connectivity index (χ4v) is 3.11. The van der Waals surface area contributed by atoms with Crippen LogP contribution in [0.25, 0.3) is 0 Å². The molecule has 1 aromatic heterocycles. The smallest absolute Gasteiger partial charge is 0.337 e. The van der Waals surface area contributed by atoms with Gasteiger partial charge in [-0.1, -0.05) is 11.8 Å². The van der Waals surface area contributed by atoms with E-state index in [1.807, 2.05) is 0 Å². The van der Waals surface area contributed by atoms with Gasteiger partial charge in [-0.25, -0.2) is 0 Å². The standard InChI is InChI=1S/C14H15F3N2OS/c15-14(16,17)11-4-2-7-19(9-11)13(20)12-10(3-1-6-18)5-8-21-12/h5,8,11H,2,4,6-7,9,18H2. The Balaban J connectivity index is 2.15. The van der Waals surface area contributed by atoms with Crippen molar-refractivity contribution >= 4 is 17.2 Å². The number of carbonyl (C=O) groups excluding carboxylic acids is 1. The molecule has 1 unspecified atom stereocenters. The molecule has 21 heavy (non-hydrogen) atoms. The first-order valence-electron chi connectivity index (χ1n) is 6.56. The van der Waals surface area contributed by atoms with Crippen molar-refractivity contribution in [1.29, 1.82) is 0 Å². The van der Waals surface area contributed by atoms with Gasteiger partial charge in [-0.15, -0.1) is 11.3 Å². The summed E-state index contributed by atoms with van der Waals surface area (Å²) in [5, 5.41) is 1.71. The van der Waals surface area contributed by atoms with Gasteiger partial charge in [0.15, 0.2) is 0 Å². The summed E-state index contributed by atoms with van der Waals surface area (Å²) in [7, 11) is 0. The Morgan fingerprint density at radius 2 is 2.29 bits per heavy atom. The molecule has 3 nitrogen and oxygen atoms in total. The minimum atomic E-state index is -4.25. The summed E-state index contributed by atoms with van der Waals surface area (Å²) in [6.07, 6.45) is -3.81. The van der Waals surface area contributed by atoms with E-state index >= 15 is 0 Å². The Kier molecular flexibility index (Phi) is 4.91. The van der Waals surface area contributed by atoms with Crippen LogP contribution in [0.15, 0.2) is 11.4 Å². The summed E-state index contributed by atoms with van der Waals surface area (Å²) in [6, 6.07) is 1.69. The van der Waals surface area contributed by atoms with Gasteiger partial charge in [0, 0.05) is 18.7 Å². The van der Waals surface area contributed by atoms with E-state index < -0.39 is 12.1 Å². The second kappa shape index (κ2) is 6.50. The molecule has 2 N–H and O–H groups in total. The molecule has 0 bridgehead atoms. The normalized spacial score (nSPS) is 19.0. The Hall–Kier alpha value is -1.52. The number of rotatable bonds is 1. The van der Waals surface area contributed by atoms with Gasteiger partial charge in [0.2, 0.25) is 0 Å². The van der Waals surface area contributed by atoms with Crippen molar-refractivity contribution in [2.24, 2.45) is 11.7 Å². The summed E-state index contributed by atoms with van der Waals surface area (Å²) in [5.74, 6) is 3.62. The summed E-state index contributed by atoms with van der Waals surface area (Å²) < 4.78 is 38.4. The average Bonchev–Trinajstić information content (AvgIpc) is 2.92. The van der Waals surface area contributed by atoms with Crippen molar-refractivity contribution in [2.45, 2.75) is 19.0 Å². The maximum absolute atomic E-state index is 12.8. The van der Waals surface area contributed by atoms with Crippen LogP contribution >= 0.6 is 11.3 Å². The number of halogens is 3. The van der Waals surface area contributed by atoms with Gasteiger partial charge in [-0.2, -0.15) is 13.2 Å². The molecule has 0 spiro atoms. The maximum atomic E-state index is 12.8. The zero-order valence-corrected chi connectivity index (χ0v) is 12.1. The van der Waals surface area contributed by atoms with E-state index in [-0.39, 0.29) is 25.4 Å². The van der Waals surface area contributed by atoms with Crippen molar-refractivity contribution < 1.29 is 18.0 Å². The fraction of sp³-hybridized carbons (Fsp3) is 0.500. The van der Waals surface area contributed by atoms with Gasteiger partial charge in [-0.05, 0) is 24.3 Å². The number of hydrogen-bond donors (Lipinski definition) is 1. The lowest BCUT2D eigenvalue weighted by Gasteiger charge is -2.33. The Morgan fingerprint density at radius 3 is 2.95 bits per heavy atom. The SMILES string of the molecule is NCC#Cc1ccsc1C(=O)N1CCCC(C(F)(F)F)C1. The summed E-state index contributed by atoms with van der Waals surface area (Å²) in [5.41, 5.74) is 5.82. The van der Waals surface area contributed by atoms with Gasteiger partial charge < -0.3 is 10.6 Å². The number of alkyl halides is 3. The maximum Gasteiger partial charge on any atom is 0.393 e. The van der Waals surface area contributed by atoms with Crippen LogP contribution in [-0.4, -0.2) is 36.6 Å². The predicted molar refractivity (Wildman–Crippen MR) is 74.9 cm³/mol. The Bertz CT molecular complexity index is 571. The second-order valence-corrected chi connectivity index (χ2v) is 5.72. The molecule has 1 aromatic rings. The van der Waals surface area contributed by atoms with Gasteiger partial charge >= 0.3 is 6.18 Å². The summed E-state index contributed by atoms with van der Waals surface area (Å²) in [4.78, 5) is 14.1. The molecule has 0 radical (unpaired) electrons. The lowest BCUT2D eigenvalue weighted by atomic mass is 9.97. The number of nitrogens with zero attached hydrogens (tertiary/aromatic N) is 1. The number of thiophene rings is 1. The molecule has 0 aromatic carbocycles. The molecule has 0 saturated carbocycles. The summed E-state index contributed by atoms with van der Waals surface area (Å²) >= 11 is 1.19. The molecule has 1 amide bonds. The molecule has 114 valence electrons. The lowest BCUT2D eigenvalue weighted by Crippen LogP contribution is -2.44. The largest absolute Gasteiger partial charge is 0.393 e. The fourth-order valence-electron chi connectivity index (χ4n) is 2.29. The van der Waals surface area contributed by atoms with E-state index in [0.29, 0.717) is 23.4 Å². The van der Waals surface area contributed by atoms with E-state index in [2.05, 4.69) is 11.8 Å². The van der Waals surface area contributed by atoms with Gasteiger partial charge in [0.05, 0.1) is 12.5 Å². The number of hydrogen-bond acceptors (Lipinski definition) is 3. The van der Waals surface area contributed by atoms with Crippen LogP contribution in [-0.2, 0) is 0 Å². The van der Waals surface area contributed by atoms with E-state index in [1.54, 1.807) is 11.4 Å². The lowest BCUT2D eigenvalue weighted by molar-refractivity contribution is -0.184. The minimum Gasteiger partial charge on any atom is -0.337 e. The van der Waals surface area contributed by atoms with E-state index in [1.165, 1.54) is 16.2 Å². The topological polar surface area (TPSA) is 46.3 Å². The first kappa shape index (κ1) is 15.9. The highest BCUT2D eigenvalue weighted by Crippen LogP contribution is 2.34. The van der Waals surface area contributed by atoms with Crippen molar-refractivity contribution in [3.8, 4) is 11.8 Å². The monoisotopic (exact) mass is 316 g/mol. The molecular weight excluding hydrogens is 301 g/mol. The van der Waals surface area contributed by atoms with Crippen LogP contribution in [0.1, 0.15) is 28.1 Å². The minimum absolute atomic E-state index is 0.0809. The number of piperidine rings is 1. The number of amides is 1. The van der Waals surface area contributed by atoms with Crippen LogP contribution in [0.2, 0.25) is 0 Å². The van der Waals surface area contributed by atoms with Gasteiger partial charge in [-0.3, -0.25) is 4.79 Å². The zero-order valence-electron chi connectivity index (χ0n) is 11.2. The highest BCUT2D eigenvalue weighted by Gasteiger charge is 2.43. The molecule has 1 saturated heterocycles. The molecule has 2 rings (SSSR count). The van der Waals surface area contributed by atoms with Gasteiger partial charge in [0.25, 0.3) is 5.91 Å². The molecule has 1 aliphatic heterocycles. The van der Waals surface area contributed by atoms with Crippen LogP contribution < -0.4 is 5.73 Å². The third-order valence-corrected chi connectivity index (χ3v) is 4.26. The first-order valence-corrected chi connectivity index (χ1v) is 7.44. The van der Waals surface area contributed by atoms with Crippen LogP contribution in [0.5, 0.6) is 0 Å². The van der Waals surface area contributed by atoms with Crippen molar-refractivity contribution in [3.63, 3.8) is 0 Å². The van der Waals surface area contributed by atoms with Crippen molar-refractivity contribution in [3.05, 3.63) is 21.9 Å². The number of carbonyl (C=O) groups is 1. The third-order valence-electron chi connectivity index (χ3n) is 3.36. The van der Waals surface area contributed by atoms with Crippen LogP contribution in [0, 0.1) is 17.8 Å². The van der Waals surface area contributed by atoms with E-state index in [9.17, 15) is 18.0 Å². The molecule has 7 heteroatoms. The molecule has 2 heterocycles. The van der Waals surface area contributed by atoms with E-state index in [4.69, 9.17) is 5.73 Å².